The van der Waals surface area contributed by atoms with Crippen molar-refractivity contribution in [3.05, 3.63) is 48.6 Å². The van der Waals surface area contributed by atoms with Crippen molar-refractivity contribution in [1.29, 1.82) is 0 Å². The van der Waals surface area contributed by atoms with Crippen LogP contribution in [0.25, 0.3) is 0 Å². The van der Waals surface area contributed by atoms with Crippen LogP contribution in [0.5, 0.6) is 0 Å². The smallest absolute Gasteiger partial charge is 0.457 e. The maximum absolute atomic E-state index is 12.7. The van der Waals surface area contributed by atoms with Gasteiger partial charge in [0.05, 0.1) is 19.8 Å². The Morgan fingerprint density at radius 3 is 1.35 bits per heavy atom. The monoisotopic (exact) mass is 894 g/mol. The first-order chi connectivity index (χ1) is 30.4. The normalized spacial score (nSPS) is 13.7. The van der Waals surface area contributed by atoms with E-state index in [0.29, 0.717) is 13.0 Å². The second-order valence-electron chi connectivity index (χ2n) is 17.4. The molecule has 0 aliphatic rings. The molecule has 0 aromatic rings. The second-order valence-corrected chi connectivity index (χ2v) is 18.8. The van der Waals surface area contributed by atoms with Crippen LogP contribution in [-0.4, -0.2) is 49.9 Å². The number of esters is 1. The molecule has 364 valence electrons. The van der Waals surface area contributed by atoms with E-state index in [2.05, 4.69) is 62.5 Å². The number of unbranched alkanes of at least 4 members (excludes halogenated alkanes) is 29. The van der Waals surface area contributed by atoms with Gasteiger partial charge in [-0.3, -0.25) is 13.8 Å². The summed E-state index contributed by atoms with van der Waals surface area (Å²) in [5, 5.41) is 0. The van der Waals surface area contributed by atoms with Gasteiger partial charge in [0.15, 0.2) is 0 Å². The van der Waals surface area contributed by atoms with Crippen LogP contribution < -0.4 is 5.73 Å². The average molecular weight is 894 g/mol. The minimum absolute atomic E-state index is 0.0977. The minimum Gasteiger partial charge on any atom is -0.457 e. The molecule has 0 rings (SSSR count). The molecule has 0 radical (unpaired) electrons. The van der Waals surface area contributed by atoms with E-state index in [1.807, 2.05) is 0 Å². The Bertz CT molecular complexity index is 1090. The van der Waals surface area contributed by atoms with Crippen molar-refractivity contribution in [3.63, 3.8) is 0 Å². The molecule has 0 fully saturated rings. The third-order valence-corrected chi connectivity index (χ3v) is 12.2. The van der Waals surface area contributed by atoms with Gasteiger partial charge in [-0.25, -0.2) is 4.57 Å². The number of hydrogen-bond donors (Lipinski definition) is 2. The van der Waals surface area contributed by atoms with Crippen LogP contribution in [0.2, 0.25) is 0 Å². The van der Waals surface area contributed by atoms with Gasteiger partial charge in [0.2, 0.25) is 0 Å². The maximum Gasteiger partial charge on any atom is 0.472 e. The molecule has 0 spiro atoms. The van der Waals surface area contributed by atoms with Crippen molar-refractivity contribution in [3.8, 4) is 0 Å². The zero-order chi connectivity index (χ0) is 45.1. The standard InChI is InChI=1S/C53H100NO7P/c1-3-5-7-9-11-13-15-17-19-21-23-25-26-27-28-30-32-34-36-38-40-42-44-46-53(55)61-52(51-60-62(56,57)59-49-47-54)50-58-48-45-43-41-39-37-35-33-31-29-24-22-20-18-16-14-12-10-8-6-4-2/h6,8,12,14,18,20,24,29,52H,3-5,7,9-11,13,15-17,19,21-23,25-28,30-51,54H2,1-2H3,(H,56,57)/b8-6-,14-12-,20-18-,29-24-. The van der Waals surface area contributed by atoms with E-state index in [-0.39, 0.29) is 32.3 Å². The van der Waals surface area contributed by atoms with E-state index in [1.54, 1.807) is 0 Å². The average Bonchev–Trinajstić information content (AvgIpc) is 3.26. The molecule has 2 atom stereocenters. The summed E-state index contributed by atoms with van der Waals surface area (Å²) in [4.78, 5) is 22.6. The number of ether oxygens (including phenoxy) is 2. The van der Waals surface area contributed by atoms with Gasteiger partial charge >= 0.3 is 13.8 Å². The number of hydrogen-bond acceptors (Lipinski definition) is 7. The highest BCUT2D eigenvalue weighted by Crippen LogP contribution is 2.43. The van der Waals surface area contributed by atoms with Gasteiger partial charge in [-0.2, -0.15) is 0 Å². The van der Waals surface area contributed by atoms with Gasteiger partial charge in [0, 0.05) is 19.6 Å². The van der Waals surface area contributed by atoms with Gasteiger partial charge < -0.3 is 20.1 Å². The third-order valence-electron chi connectivity index (χ3n) is 11.3. The molecule has 0 saturated heterocycles. The van der Waals surface area contributed by atoms with Crippen molar-refractivity contribution in [1.82, 2.24) is 0 Å². The van der Waals surface area contributed by atoms with Crippen molar-refractivity contribution >= 4 is 13.8 Å². The molecule has 0 amide bonds. The zero-order valence-electron chi connectivity index (χ0n) is 40.6. The molecular formula is C53H100NO7P. The Labute approximate surface area is 383 Å². The topological polar surface area (TPSA) is 117 Å². The molecule has 0 aliphatic carbocycles. The van der Waals surface area contributed by atoms with E-state index >= 15 is 0 Å². The van der Waals surface area contributed by atoms with E-state index in [1.165, 1.54) is 161 Å². The fourth-order valence-corrected chi connectivity index (χ4v) is 8.23. The Balaban J connectivity index is 3.92. The molecule has 9 heteroatoms. The molecule has 62 heavy (non-hydrogen) atoms. The first-order valence-electron chi connectivity index (χ1n) is 26.1. The van der Waals surface area contributed by atoms with Crippen LogP contribution in [0.3, 0.4) is 0 Å². The lowest BCUT2D eigenvalue weighted by atomic mass is 10.0. The van der Waals surface area contributed by atoms with Crippen molar-refractivity contribution < 1.29 is 32.8 Å². The van der Waals surface area contributed by atoms with E-state index in [4.69, 9.17) is 24.3 Å². The number of carbonyl (C=O) groups is 1. The predicted octanol–water partition coefficient (Wildman–Crippen LogP) is 16.3. The fraction of sp³-hybridized carbons (Fsp3) is 0.830. The molecule has 0 aromatic heterocycles. The summed E-state index contributed by atoms with van der Waals surface area (Å²) < 4.78 is 33.6. The highest BCUT2D eigenvalue weighted by molar-refractivity contribution is 7.47. The lowest BCUT2D eigenvalue weighted by Gasteiger charge is -2.20. The van der Waals surface area contributed by atoms with Crippen LogP contribution in [0.1, 0.15) is 245 Å². The Morgan fingerprint density at radius 2 is 0.903 bits per heavy atom. The molecule has 0 aliphatic heterocycles. The quantitative estimate of drug-likeness (QED) is 0.0268. The molecular weight excluding hydrogens is 794 g/mol. The summed E-state index contributed by atoms with van der Waals surface area (Å²) in [5.41, 5.74) is 5.39. The molecule has 3 N–H and O–H groups in total. The molecule has 0 bridgehead atoms. The molecule has 0 heterocycles. The first-order valence-corrected chi connectivity index (χ1v) is 27.6. The summed E-state index contributed by atoms with van der Waals surface area (Å²) in [6.07, 6.45) is 61.5. The van der Waals surface area contributed by atoms with E-state index in [0.717, 1.165) is 64.2 Å². The van der Waals surface area contributed by atoms with Gasteiger partial charge in [0.25, 0.3) is 0 Å². The van der Waals surface area contributed by atoms with Crippen LogP contribution in [-0.2, 0) is 27.9 Å². The molecule has 0 saturated carbocycles. The molecule has 0 aromatic carbocycles. The van der Waals surface area contributed by atoms with Crippen LogP contribution in [0.15, 0.2) is 48.6 Å². The van der Waals surface area contributed by atoms with E-state index < -0.39 is 13.9 Å². The van der Waals surface area contributed by atoms with Crippen LogP contribution in [0.4, 0.5) is 0 Å². The molecule has 2 unspecified atom stereocenters. The number of nitrogens with two attached hydrogens (primary N) is 1. The van der Waals surface area contributed by atoms with Crippen molar-refractivity contribution in [2.45, 2.75) is 251 Å². The Hall–Kier alpha value is -1.54. The number of rotatable bonds is 50. The van der Waals surface area contributed by atoms with Crippen molar-refractivity contribution in [2.75, 3.05) is 33.0 Å². The Kier molecular flexibility index (Phi) is 49.2. The summed E-state index contributed by atoms with van der Waals surface area (Å²) in [7, 11) is -4.29. The summed E-state index contributed by atoms with van der Waals surface area (Å²) in [6.45, 7) is 4.83. The Morgan fingerprint density at radius 1 is 0.500 bits per heavy atom. The van der Waals surface area contributed by atoms with Gasteiger partial charge in [-0.1, -0.05) is 236 Å². The largest absolute Gasteiger partial charge is 0.472 e. The lowest BCUT2D eigenvalue weighted by molar-refractivity contribution is -0.154. The number of carbonyl (C=O) groups excluding carboxylic acids is 1. The summed E-state index contributed by atoms with van der Waals surface area (Å²) in [5.74, 6) is -0.330. The highest BCUT2D eigenvalue weighted by atomic mass is 31.2. The number of phosphoric ester groups is 1. The fourth-order valence-electron chi connectivity index (χ4n) is 7.46. The van der Waals surface area contributed by atoms with Crippen LogP contribution in [0, 0.1) is 0 Å². The van der Waals surface area contributed by atoms with Gasteiger partial charge in [-0.05, 0) is 51.4 Å². The highest BCUT2D eigenvalue weighted by Gasteiger charge is 2.25. The number of phosphoric acid groups is 1. The van der Waals surface area contributed by atoms with Crippen LogP contribution >= 0.6 is 7.82 Å². The van der Waals surface area contributed by atoms with Gasteiger partial charge in [0.1, 0.15) is 6.10 Å². The summed E-state index contributed by atoms with van der Waals surface area (Å²) in [6, 6.07) is 0. The predicted molar refractivity (Wildman–Crippen MR) is 266 cm³/mol. The third kappa shape index (κ3) is 49.5. The maximum atomic E-state index is 12.7. The first kappa shape index (κ1) is 60.5. The molecule has 8 nitrogen and oxygen atoms in total. The minimum atomic E-state index is -4.29. The number of allylic oxidation sites excluding steroid dienone is 8. The lowest BCUT2D eigenvalue weighted by Crippen LogP contribution is -2.28. The van der Waals surface area contributed by atoms with E-state index in [9.17, 15) is 14.3 Å². The van der Waals surface area contributed by atoms with Gasteiger partial charge in [-0.15, -0.1) is 0 Å². The summed E-state index contributed by atoms with van der Waals surface area (Å²) >= 11 is 0. The SMILES string of the molecule is CC/C=C\C/C=C\C/C=C\C/C=C\CCCCCCCCCOCC(COP(=O)(O)OCCN)OC(=O)CCCCCCCCCCCCCCCCCCCCCCCCC. The second kappa shape index (κ2) is 50.5. The van der Waals surface area contributed by atoms with Crippen molar-refractivity contribution in [2.24, 2.45) is 5.73 Å². The zero-order valence-corrected chi connectivity index (χ0v) is 41.5.